The Labute approximate surface area is 139 Å². The van der Waals surface area contributed by atoms with Crippen molar-refractivity contribution < 1.29 is 9.59 Å². The zero-order valence-electron chi connectivity index (χ0n) is 13.3. The number of fused-ring (bicyclic) bond motifs is 1. The molecule has 122 valence electrons. The Morgan fingerprint density at radius 1 is 1.17 bits per heavy atom. The largest absolute Gasteiger partial charge is 0.364 e. The molecule has 0 unspecified atom stereocenters. The average Bonchev–Trinajstić information content (AvgIpc) is 2.97. The number of primary amides is 1. The highest BCUT2D eigenvalue weighted by Crippen LogP contribution is 2.19. The second-order valence-electron chi connectivity index (χ2n) is 5.52. The number of aromatic nitrogens is 2. The molecule has 2 amide bonds. The maximum atomic E-state index is 11.8. The van der Waals surface area contributed by atoms with Crippen molar-refractivity contribution in [1.29, 1.82) is 0 Å². The number of hydrogen-bond donors (Lipinski definition) is 2. The van der Waals surface area contributed by atoms with E-state index >= 15 is 0 Å². The zero-order chi connectivity index (χ0) is 17.1. The van der Waals surface area contributed by atoms with Crippen LogP contribution in [0.4, 0.5) is 5.82 Å². The monoisotopic (exact) mass is 322 g/mol. The molecule has 24 heavy (non-hydrogen) atoms. The molecular formula is C18H18N4O2. The number of nitrogens with one attached hydrogen (secondary N) is 1. The predicted octanol–water partition coefficient (Wildman–Crippen LogP) is 2.53. The van der Waals surface area contributed by atoms with Crippen molar-refractivity contribution in [3.8, 4) is 0 Å². The van der Waals surface area contributed by atoms with Crippen LogP contribution in [0.5, 0.6) is 0 Å². The molecule has 0 radical (unpaired) electrons. The van der Waals surface area contributed by atoms with Crippen LogP contribution in [0.15, 0.2) is 48.8 Å². The molecule has 1 heterocycles. The van der Waals surface area contributed by atoms with Crippen LogP contribution in [0.3, 0.4) is 0 Å². The molecule has 6 nitrogen and oxygen atoms in total. The average molecular weight is 322 g/mol. The van der Waals surface area contributed by atoms with Crippen molar-refractivity contribution >= 4 is 28.4 Å². The lowest BCUT2D eigenvalue weighted by Gasteiger charge is -2.09. The van der Waals surface area contributed by atoms with Crippen LogP contribution in [0.1, 0.15) is 29.4 Å². The van der Waals surface area contributed by atoms with E-state index < -0.39 is 5.91 Å². The Balaban J connectivity index is 1.93. The molecule has 3 N–H and O–H groups in total. The quantitative estimate of drug-likeness (QED) is 0.756. The highest BCUT2D eigenvalue weighted by Gasteiger charge is 2.18. The Morgan fingerprint density at radius 2 is 1.92 bits per heavy atom. The van der Waals surface area contributed by atoms with Crippen molar-refractivity contribution in [2.24, 2.45) is 5.73 Å². The van der Waals surface area contributed by atoms with Gasteiger partial charge in [-0.25, -0.2) is 4.98 Å². The van der Waals surface area contributed by atoms with Crippen molar-refractivity contribution in [3.63, 3.8) is 0 Å². The zero-order valence-corrected chi connectivity index (χ0v) is 13.3. The maximum absolute atomic E-state index is 11.8. The highest BCUT2D eigenvalue weighted by atomic mass is 16.2. The summed E-state index contributed by atoms with van der Waals surface area (Å²) >= 11 is 0. The van der Waals surface area contributed by atoms with Gasteiger partial charge in [0.05, 0.1) is 6.33 Å². The van der Waals surface area contributed by atoms with E-state index in [4.69, 9.17) is 5.73 Å². The number of imidazole rings is 1. The van der Waals surface area contributed by atoms with Gasteiger partial charge < -0.3 is 15.6 Å². The first-order chi connectivity index (χ1) is 11.6. The van der Waals surface area contributed by atoms with Crippen LogP contribution in [-0.2, 0) is 11.3 Å². The van der Waals surface area contributed by atoms with Gasteiger partial charge in [-0.15, -0.1) is 0 Å². The van der Waals surface area contributed by atoms with E-state index in [0.717, 1.165) is 16.3 Å². The van der Waals surface area contributed by atoms with Gasteiger partial charge in [-0.2, -0.15) is 0 Å². The number of nitrogens with zero attached hydrogens (tertiary/aromatic N) is 2. The number of carbonyl (C=O) groups excluding carboxylic acids is 2. The molecule has 3 aromatic rings. The van der Waals surface area contributed by atoms with Gasteiger partial charge in [-0.3, -0.25) is 9.59 Å². The Kier molecular flexibility index (Phi) is 4.29. The Hall–Kier alpha value is -3.15. The molecule has 0 aliphatic heterocycles. The van der Waals surface area contributed by atoms with E-state index in [-0.39, 0.29) is 17.4 Å². The summed E-state index contributed by atoms with van der Waals surface area (Å²) in [6.45, 7) is 2.17. The summed E-state index contributed by atoms with van der Waals surface area (Å²) < 4.78 is 1.65. The Morgan fingerprint density at radius 3 is 2.62 bits per heavy atom. The molecule has 6 heteroatoms. The third-order valence-electron chi connectivity index (χ3n) is 3.82. The molecule has 0 bridgehead atoms. The molecule has 0 aliphatic rings. The molecular weight excluding hydrogens is 304 g/mol. The Bertz CT molecular complexity index is 914. The molecule has 0 aliphatic carbocycles. The summed E-state index contributed by atoms with van der Waals surface area (Å²) in [5.74, 6) is -0.636. The number of amides is 2. The molecule has 0 saturated heterocycles. The van der Waals surface area contributed by atoms with Gasteiger partial charge in [-0.05, 0) is 22.4 Å². The van der Waals surface area contributed by atoms with Crippen LogP contribution < -0.4 is 11.1 Å². The predicted molar refractivity (Wildman–Crippen MR) is 92.7 cm³/mol. The molecule has 0 spiro atoms. The fourth-order valence-corrected chi connectivity index (χ4v) is 2.61. The van der Waals surface area contributed by atoms with E-state index in [0.29, 0.717) is 13.0 Å². The lowest BCUT2D eigenvalue weighted by atomic mass is 10.1. The van der Waals surface area contributed by atoms with Crippen molar-refractivity contribution in [3.05, 3.63) is 60.0 Å². The first-order valence-corrected chi connectivity index (χ1v) is 7.71. The van der Waals surface area contributed by atoms with Gasteiger partial charge in [0.2, 0.25) is 5.91 Å². The number of nitrogens with two attached hydrogens (primary N) is 1. The minimum atomic E-state index is -0.625. The lowest BCUT2D eigenvalue weighted by molar-refractivity contribution is -0.115. The standard InChI is InChI=1S/C18H18N4O2/c1-2-15(23)21-18-16(17(19)24)22(11-20-18)10-12-7-8-13-5-3-4-6-14(13)9-12/h3-9,11H,2,10H2,1H3,(H2,19,24)(H,21,23). The second kappa shape index (κ2) is 6.54. The fourth-order valence-electron chi connectivity index (χ4n) is 2.61. The molecule has 2 aromatic carbocycles. The molecule has 0 atom stereocenters. The topological polar surface area (TPSA) is 90.0 Å². The molecule has 0 fully saturated rings. The minimum absolute atomic E-state index is 0.199. The number of carbonyl (C=O) groups is 2. The number of hydrogen-bond acceptors (Lipinski definition) is 3. The smallest absolute Gasteiger partial charge is 0.269 e. The second-order valence-corrected chi connectivity index (χ2v) is 5.52. The first kappa shape index (κ1) is 15.7. The number of anilines is 1. The summed E-state index contributed by atoms with van der Waals surface area (Å²) in [6.07, 6.45) is 1.82. The SMILES string of the molecule is CCC(=O)Nc1ncn(Cc2ccc3ccccc3c2)c1C(N)=O. The minimum Gasteiger partial charge on any atom is -0.364 e. The normalized spacial score (nSPS) is 10.7. The number of rotatable bonds is 5. The highest BCUT2D eigenvalue weighted by molar-refractivity contribution is 6.00. The van der Waals surface area contributed by atoms with Crippen LogP contribution >= 0.6 is 0 Å². The summed E-state index contributed by atoms with van der Waals surface area (Å²) in [5, 5.41) is 4.88. The number of benzene rings is 2. The van der Waals surface area contributed by atoms with Gasteiger partial charge >= 0.3 is 0 Å². The maximum Gasteiger partial charge on any atom is 0.269 e. The van der Waals surface area contributed by atoms with E-state index in [2.05, 4.69) is 16.4 Å². The van der Waals surface area contributed by atoms with Gasteiger partial charge in [0.15, 0.2) is 11.5 Å². The van der Waals surface area contributed by atoms with Gasteiger partial charge in [-0.1, -0.05) is 43.3 Å². The van der Waals surface area contributed by atoms with E-state index in [1.165, 1.54) is 6.33 Å². The van der Waals surface area contributed by atoms with Crippen LogP contribution in [0.2, 0.25) is 0 Å². The van der Waals surface area contributed by atoms with Crippen molar-refractivity contribution in [1.82, 2.24) is 9.55 Å². The first-order valence-electron chi connectivity index (χ1n) is 7.71. The summed E-state index contributed by atoms with van der Waals surface area (Å²) in [6, 6.07) is 14.1. The summed E-state index contributed by atoms with van der Waals surface area (Å²) in [5.41, 5.74) is 6.68. The van der Waals surface area contributed by atoms with E-state index in [1.807, 2.05) is 36.4 Å². The molecule has 3 rings (SSSR count). The van der Waals surface area contributed by atoms with Crippen molar-refractivity contribution in [2.45, 2.75) is 19.9 Å². The fraction of sp³-hybridized carbons (Fsp3) is 0.167. The molecule has 0 saturated carbocycles. The summed E-state index contributed by atoms with van der Waals surface area (Å²) in [4.78, 5) is 27.5. The molecule has 1 aromatic heterocycles. The van der Waals surface area contributed by atoms with Crippen LogP contribution in [0, 0.1) is 0 Å². The third kappa shape index (κ3) is 3.12. The third-order valence-corrected chi connectivity index (χ3v) is 3.82. The lowest BCUT2D eigenvalue weighted by Crippen LogP contribution is -2.21. The van der Waals surface area contributed by atoms with Gasteiger partial charge in [0, 0.05) is 13.0 Å². The van der Waals surface area contributed by atoms with Crippen LogP contribution in [-0.4, -0.2) is 21.4 Å². The van der Waals surface area contributed by atoms with E-state index in [1.54, 1.807) is 11.5 Å². The van der Waals surface area contributed by atoms with Gasteiger partial charge in [0.1, 0.15) is 0 Å². The summed E-state index contributed by atoms with van der Waals surface area (Å²) in [7, 11) is 0. The van der Waals surface area contributed by atoms with Crippen molar-refractivity contribution in [2.75, 3.05) is 5.32 Å². The van der Waals surface area contributed by atoms with Crippen LogP contribution in [0.25, 0.3) is 10.8 Å². The van der Waals surface area contributed by atoms with E-state index in [9.17, 15) is 9.59 Å². The van der Waals surface area contributed by atoms with Gasteiger partial charge in [0.25, 0.3) is 5.91 Å².